The van der Waals surface area contributed by atoms with Gasteiger partial charge in [0.1, 0.15) is 11.5 Å². The van der Waals surface area contributed by atoms with Crippen LogP contribution in [0.5, 0.6) is 0 Å². The Kier molecular flexibility index (Phi) is 6.76. The van der Waals surface area contributed by atoms with Crippen LogP contribution in [0.2, 0.25) is 0 Å². The second-order valence-electron chi connectivity index (χ2n) is 8.92. The SMILES string of the molecule is O=C(Nc1cnccc1[C@H]1CCC[C@@H](C(F)(F)F)C1)c1ccc(F)c(C2CCCCC2)n1. The Balaban J connectivity index is 1.53. The van der Waals surface area contributed by atoms with Crippen LogP contribution < -0.4 is 5.32 Å². The molecule has 1 amide bonds. The molecule has 0 spiro atoms. The van der Waals surface area contributed by atoms with Gasteiger partial charge in [-0.1, -0.05) is 25.7 Å². The number of halogens is 4. The molecular weight excluding hydrogens is 422 g/mol. The zero-order chi connectivity index (χ0) is 22.7. The number of carbonyl (C=O) groups is 1. The maximum Gasteiger partial charge on any atom is 0.391 e. The second-order valence-corrected chi connectivity index (χ2v) is 8.92. The summed E-state index contributed by atoms with van der Waals surface area (Å²) in [7, 11) is 0. The van der Waals surface area contributed by atoms with Crippen molar-refractivity contribution in [1.29, 1.82) is 0 Å². The van der Waals surface area contributed by atoms with E-state index in [1.165, 1.54) is 24.5 Å². The number of anilines is 1. The Morgan fingerprint density at radius 2 is 1.72 bits per heavy atom. The molecule has 2 saturated carbocycles. The van der Waals surface area contributed by atoms with Gasteiger partial charge in [-0.3, -0.25) is 9.78 Å². The Morgan fingerprint density at radius 3 is 2.47 bits per heavy atom. The number of amides is 1. The predicted octanol–water partition coefficient (Wildman–Crippen LogP) is 6.75. The van der Waals surface area contributed by atoms with Gasteiger partial charge in [0.2, 0.25) is 0 Å². The summed E-state index contributed by atoms with van der Waals surface area (Å²) in [6.45, 7) is 0. The average molecular weight is 449 g/mol. The molecule has 0 aliphatic heterocycles. The lowest BCUT2D eigenvalue weighted by Gasteiger charge is -2.31. The van der Waals surface area contributed by atoms with Crippen molar-refractivity contribution in [3.05, 3.63) is 53.4 Å². The molecule has 0 aromatic carbocycles. The molecule has 0 unspecified atom stereocenters. The van der Waals surface area contributed by atoms with Crippen molar-refractivity contribution in [2.75, 3.05) is 5.32 Å². The number of hydrogen-bond donors (Lipinski definition) is 1. The molecule has 8 heteroatoms. The number of pyridine rings is 2. The van der Waals surface area contributed by atoms with Crippen LogP contribution in [0.4, 0.5) is 23.2 Å². The molecule has 2 aromatic rings. The Bertz CT molecular complexity index is 957. The van der Waals surface area contributed by atoms with E-state index in [2.05, 4.69) is 15.3 Å². The molecule has 0 bridgehead atoms. The predicted molar refractivity (Wildman–Crippen MR) is 113 cm³/mol. The Hall–Kier alpha value is -2.51. The van der Waals surface area contributed by atoms with E-state index in [1.54, 1.807) is 6.07 Å². The third kappa shape index (κ3) is 5.10. The van der Waals surface area contributed by atoms with E-state index in [4.69, 9.17) is 0 Å². The zero-order valence-electron chi connectivity index (χ0n) is 17.8. The molecule has 172 valence electrons. The van der Waals surface area contributed by atoms with Crippen molar-refractivity contribution in [3.8, 4) is 0 Å². The van der Waals surface area contributed by atoms with Crippen LogP contribution in [-0.4, -0.2) is 22.1 Å². The molecule has 0 saturated heterocycles. The summed E-state index contributed by atoms with van der Waals surface area (Å²) in [6, 6.07) is 4.28. The summed E-state index contributed by atoms with van der Waals surface area (Å²) in [5.41, 5.74) is 1.45. The molecule has 0 radical (unpaired) electrons. The van der Waals surface area contributed by atoms with Crippen LogP contribution >= 0.6 is 0 Å². The van der Waals surface area contributed by atoms with Crippen LogP contribution in [-0.2, 0) is 0 Å². The average Bonchev–Trinajstić information content (AvgIpc) is 2.80. The van der Waals surface area contributed by atoms with E-state index in [1.807, 2.05) is 0 Å². The largest absolute Gasteiger partial charge is 0.391 e. The van der Waals surface area contributed by atoms with Crippen LogP contribution in [0.1, 0.15) is 91.4 Å². The first-order valence-electron chi connectivity index (χ1n) is 11.3. The van der Waals surface area contributed by atoms with Gasteiger partial charge in [0.25, 0.3) is 5.91 Å². The molecule has 2 heterocycles. The lowest BCUT2D eigenvalue weighted by atomic mass is 9.77. The number of nitrogens with zero attached hydrogens (tertiary/aromatic N) is 2. The standard InChI is InChI=1S/C24H27F4N3O/c25-19-9-10-20(30-22(19)15-5-2-1-3-6-15)23(32)31-21-14-29-12-11-18(21)16-7-4-8-17(13-16)24(26,27)28/h9-12,14-17H,1-8,13H2,(H,31,32)/t16-,17+/m0/s1. The normalized spacial score (nSPS) is 22.5. The quantitative estimate of drug-likeness (QED) is 0.525. The van der Waals surface area contributed by atoms with Crippen LogP contribution in [0.3, 0.4) is 0 Å². The molecule has 2 aliphatic rings. The fraction of sp³-hybridized carbons (Fsp3) is 0.542. The van der Waals surface area contributed by atoms with Crippen molar-refractivity contribution in [1.82, 2.24) is 9.97 Å². The van der Waals surface area contributed by atoms with Crippen LogP contribution in [0.15, 0.2) is 30.6 Å². The van der Waals surface area contributed by atoms with Gasteiger partial charge in [0, 0.05) is 12.1 Å². The first-order chi connectivity index (χ1) is 15.3. The highest BCUT2D eigenvalue weighted by atomic mass is 19.4. The maximum absolute atomic E-state index is 14.4. The molecule has 2 atom stereocenters. The molecule has 2 aliphatic carbocycles. The van der Waals surface area contributed by atoms with Crippen molar-refractivity contribution in [3.63, 3.8) is 0 Å². The van der Waals surface area contributed by atoms with Gasteiger partial charge < -0.3 is 5.32 Å². The van der Waals surface area contributed by atoms with Crippen LogP contribution in [0, 0.1) is 11.7 Å². The molecule has 32 heavy (non-hydrogen) atoms. The summed E-state index contributed by atoms with van der Waals surface area (Å²) in [4.78, 5) is 21.3. The second kappa shape index (κ2) is 9.55. The number of hydrogen-bond acceptors (Lipinski definition) is 3. The summed E-state index contributed by atoms with van der Waals surface area (Å²) >= 11 is 0. The summed E-state index contributed by atoms with van der Waals surface area (Å²) < 4.78 is 54.2. The molecule has 2 fully saturated rings. The number of rotatable bonds is 4. The highest BCUT2D eigenvalue weighted by Gasteiger charge is 2.42. The van der Waals surface area contributed by atoms with Crippen molar-refractivity contribution in [2.24, 2.45) is 5.92 Å². The van der Waals surface area contributed by atoms with Gasteiger partial charge in [-0.25, -0.2) is 9.37 Å². The first kappa shape index (κ1) is 22.7. The van der Waals surface area contributed by atoms with Crippen molar-refractivity contribution < 1.29 is 22.4 Å². The topological polar surface area (TPSA) is 54.9 Å². The smallest absolute Gasteiger partial charge is 0.319 e. The first-order valence-corrected chi connectivity index (χ1v) is 11.3. The van der Waals surface area contributed by atoms with E-state index in [-0.39, 0.29) is 30.4 Å². The van der Waals surface area contributed by atoms with Gasteiger partial charge >= 0.3 is 6.18 Å². The molecule has 1 N–H and O–H groups in total. The number of alkyl halides is 3. The van der Waals surface area contributed by atoms with Gasteiger partial charge in [0.05, 0.1) is 23.5 Å². The molecule has 4 rings (SSSR count). The number of nitrogens with one attached hydrogen (secondary N) is 1. The molecule has 2 aromatic heterocycles. The fourth-order valence-corrected chi connectivity index (χ4v) is 5.07. The molecular formula is C24H27F4N3O. The van der Waals surface area contributed by atoms with Crippen LogP contribution in [0.25, 0.3) is 0 Å². The highest BCUT2D eigenvalue weighted by Crippen LogP contribution is 2.45. The lowest BCUT2D eigenvalue weighted by molar-refractivity contribution is -0.183. The Labute approximate surface area is 184 Å². The van der Waals surface area contributed by atoms with E-state index in [9.17, 15) is 22.4 Å². The third-order valence-corrected chi connectivity index (χ3v) is 6.78. The van der Waals surface area contributed by atoms with Crippen molar-refractivity contribution >= 4 is 11.6 Å². The molecule has 4 nitrogen and oxygen atoms in total. The van der Waals surface area contributed by atoms with Crippen molar-refractivity contribution in [2.45, 2.75) is 75.8 Å². The minimum atomic E-state index is -4.22. The maximum atomic E-state index is 14.4. The Morgan fingerprint density at radius 1 is 0.969 bits per heavy atom. The zero-order valence-corrected chi connectivity index (χ0v) is 17.8. The number of carbonyl (C=O) groups excluding carboxylic acids is 1. The third-order valence-electron chi connectivity index (χ3n) is 6.78. The summed E-state index contributed by atoms with van der Waals surface area (Å²) in [5.74, 6) is -2.56. The van der Waals surface area contributed by atoms with Gasteiger partial charge in [-0.15, -0.1) is 0 Å². The van der Waals surface area contributed by atoms with Gasteiger partial charge in [0.15, 0.2) is 0 Å². The van der Waals surface area contributed by atoms with Gasteiger partial charge in [-0.2, -0.15) is 13.2 Å². The number of aromatic nitrogens is 2. The fourth-order valence-electron chi connectivity index (χ4n) is 5.07. The van der Waals surface area contributed by atoms with E-state index in [0.29, 0.717) is 29.8 Å². The monoisotopic (exact) mass is 449 g/mol. The summed E-state index contributed by atoms with van der Waals surface area (Å²) in [5, 5.41) is 2.76. The van der Waals surface area contributed by atoms with E-state index < -0.39 is 23.8 Å². The minimum absolute atomic E-state index is 0.00297. The van der Waals surface area contributed by atoms with Gasteiger partial charge in [-0.05, 0) is 61.8 Å². The van der Waals surface area contributed by atoms with E-state index >= 15 is 0 Å². The minimum Gasteiger partial charge on any atom is -0.319 e. The highest BCUT2D eigenvalue weighted by molar-refractivity contribution is 6.03. The summed E-state index contributed by atoms with van der Waals surface area (Å²) in [6.07, 6.45) is 4.86. The van der Waals surface area contributed by atoms with E-state index in [0.717, 1.165) is 32.1 Å². The lowest BCUT2D eigenvalue weighted by Crippen LogP contribution is -2.28.